The highest BCUT2D eigenvalue weighted by Crippen LogP contribution is 2.09. The summed E-state index contributed by atoms with van der Waals surface area (Å²) in [7, 11) is 0. The second kappa shape index (κ2) is 2.80. The molecule has 1 heterocycles. The number of aromatic nitrogens is 1. The molecule has 0 aliphatic carbocycles. The highest BCUT2D eigenvalue weighted by molar-refractivity contribution is 6.30. The number of halogens is 1. The Hall–Kier alpha value is -0.890. The molecule has 0 saturated carbocycles. The van der Waals surface area contributed by atoms with Crippen molar-refractivity contribution in [3.05, 3.63) is 28.5 Å². The average Bonchev–Trinajstić information content (AvgIpc) is 1.94. The minimum Gasteiger partial charge on any atom is -0.298 e. The van der Waals surface area contributed by atoms with Gasteiger partial charge in [-0.1, -0.05) is 11.6 Å². The summed E-state index contributed by atoms with van der Waals surface area (Å²) in [5.41, 5.74) is 1.26. The van der Waals surface area contributed by atoms with E-state index in [-0.39, 0.29) is 0 Å². The molecular weight excluding hydrogens is 150 g/mol. The van der Waals surface area contributed by atoms with Crippen LogP contribution in [0.3, 0.4) is 0 Å². The van der Waals surface area contributed by atoms with Crippen LogP contribution in [-0.4, -0.2) is 11.3 Å². The van der Waals surface area contributed by atoms with Gasteiger partial charge in [-0.05, 0) is 13.0 Å². The van der Waals surface area contributed by atoms with Crippen LogP contribution in [0.4, 0.5) is 0 Å². The number of aryl methyl sites for hydroxylation is 1. The highest BCUT2D eigenvalue weighted by atomic mass is 35.5. The van der Waals surface area contributed by atoms with Gasteiger partial charge in [-0.3, -0.25) is 9.78 Å². The third-order valence-electron chi connectivity index (χ3n) is 1.22. The van der Waals surface area contributed by atoms with Crippen molar-refractivity contribution in [1.82, 2.24) is 4.98 Å². The molecule has 1 rings (SSSR count). The van der Waals surface area contributed by atoms with Gasteiger partial charge in [0.05, 0.1) is 5.02 Å². The van der Waals surface area contributed by atoms with Crippen molar-refractivity contribution in [3.8, 4) is 0 Å². The molecule has 0 unspecified atom stereocenters. The lowest BCUT2D eigenvalue weighted by atomic mass is 10.2. The van der Waals surface area contributed by atoms with Crippen LogP contribution >= 0.6 is 11.6 Å². The van der Waals surface area contributed by atoms with E-state index in [0.717, 1.165) is 6.29 Å². The van der Waals surface area contributed by atoms with E-state index in [1.54, 1.807) is 13.0 Å². The van der Waals surface area contributed by atoms with Gasteiger partial charge in [0.15, 0.2) is 6.29 Å². The highest BCUT2D eigenvalue weighted by Gasteiger charge is 1.96. The molecule has 0 aromatic carbocycles. The Balaban J connectivity index is 3.21. The topological polar surface area (TPSA) is 30.0 Å². The summed E-state index contributed by atoms with van der Waals surface area (Å²) in [6.07, 6.45) is 2.26. The monoisotopic (exact) mass is 155 g/mol. The summed E-state index contributed by atoms with van der Waals surface area (Å²) < 4.78 is 0. The first-order chi connectivity index (χ1) is 4.74. The Morgan fingerprint density at radius 3 is 2.90 bits per heavy atom. The molecule has 2 nitrogen and oxygen atoms in total. The lowest BCUT2D eigenvalue weighted by molar-refractivity contribution is 0.112. The van der Waals surface area contributed by atoms with Crippen LogP contribution in [0.1, 0.15) is 16.1 Å². The summed E-state index contributed by atoms with van der Waals surface area (Å²) in [6, 6.07) is 1.59. The van der Waals surface area contributed by atoms with E-state index in [1.807, 2.05) is 0 Å². The first kappa shape index (κ1) is 7.22. The molecule has 1 aromatic rings. The number of carbonyl (C=O) groups excluding carboxylic acids is 1. The zero-order chi connectivity index (χ0) is 7.56. The van der Waals surface area contributed by atoms with Crippen molar-refractivity contribution < 1.29 is 4.79 Å². The largest absolute Gasteiger partial charge is 0.298 e. The summed E-state index contributed by atoms with van der Waals surface area (Å²) >= 11 is 5.57. The maximum atomic E-state index is 10.3. The maximum absolute atomic E-state index is 10.3. The normalized spacial score (nSPS) is 9.40. The maximum Gasteiger partial charge on any atom is 0.151 e. The second-order valence-electron chi connectivity index (χ2n) is 1.95. The van der Waals surface area contributed by atoms with E-state index in [9.17, 15) is 4.79 Å². The Kier molecular flexibility index (Phi) is 2.02. The van der Waals surface area contributed by atoms with Crippen molar-refractivity contribution in [3.63, 3.8) is 0 Å². The molecule has 52 valence electrons. The van der Waals surface area contributed by atoms with Gasteiger partial charge in [-0.2, -0.15) is 0 Å². The molecule has 0 atom stereocenters. The fourth-order valence-corrected chi connectivity index (χ4v) is 0.809. The Morgan fingerprint density at radius 2 is 2.40 bits per heavy atom. The summed E-state index contributed by atoms with van der Waals surface area (Å²) in [5, 5.41) is 0.493. The van der Waals surface area contributed by atoms with E-state index >= 15 is 0 Å². The number of hydrogen-bond donors (Lipinski definition) is 0. The number of aldehydes is 1. The third kappa shape index (κ3) is 1.33. The molecule has 10 heavy (non-hydrogen) atoms. The van der Waals surface area contributed by atoms with Crippen LogP contribution in [0, 0.1) is 6.92 Å². The van der Waals surface area contributed by atoms with Crippen molar-refractivity contribution in [2.24, 2.45) is 0 Å². The van der Waals surface area contributed by atoms with E-state index < -0.39 is 0 Å². The number of hydrogen-bond acceptors (Lipinski definition) is 2. The van der Waals surface area contributed by atoms with Gasteiger partial charge in [0.25, 0.3) is 0 Å². The molecule has 0 saturated heterocycles. The van der Waals surface area contributed by atoms with Crippen LogP contribution < -0.4 is 0 Å². The molecule has 0 N–H and O–H groups in total. The average molecular weight is 156 g/mol. The predicted molar refractivity (Wildman–Crippen MR) is 39.4 cm³/mol. The second-order valence-corrected chi connectivity index (χ2v) is 2.38. The van der Waals surface area contributed by atoms with Gasteiger partial charge >= 0.3 is 0 Å². The van der Waals surface area contributed by atoms with Crippen LogP contribution in [0.25, 0.3) is 0 Å². The van der Waals surface area contributed by atoms with Crippen LogP contribution in [0.15, 0.2) is 12.3 Å². The number of carbonyl (C=O) groups is 1. The van der Waals surface area contributed by atoms with Gasteiger partial charge < -0.3 is 0 Å². The Labute approximate surface area is 63.8 Å². The van der Waals surface area contributed by atoms with E-state index in [1.165, 1.54) is 6.20 Å². The minimum atomic E-state index is 0.493. The SMILES string of the molecule is Cc1ncc(Cl)cc1C=O. The van der Waals surface area contributed by atoms with E-state index in [0.29, 0.717) is 16.3 Å². The molecule has 0 fully saturated rings. The lowest BCUT2D eigenvalue weighted by Gasteiger charge is -1.95. The zero-order valence-corrected chi connectivity index (χ0v) is 6.22. The first-order valence-corrected chi connectivity index (χ1v) is 3.19. The number of rotatable bonds is 1. The minimum absolute atomic E-state index is 0.493. The molecule has 0 radical (unpaired) electrons. The lowest BCUT2D eigenvalue weighted by Crippen LogP contribution is -1.88. The molecular formula is C7H6ClNO. The van der Waals surface area contributed by atoms with Crippen LogP contribution in [-0.2, 0) is 0 Å². The predicted octanol–water partition coefficient (Wildman–Crippen LogP) is 1.86. The fraction of sp³-hybridized carbons (Fsp3) is 0.143. The molecule has 0 spiro atoms. The van der Waals surface area contributed by atoms with Crippen molar-refractivity contribution >= 4 is 17.9 Å². The zero-order valence-electron chi connectivity index (χ0n) is 5.47. The van der Waals surface area contributed by atoms with Crippen molar-refractivity contribution in [2.75, 3.05) is 0 Å². The van der Waals surface area contributed by atoms with Gasteiger partial charge in [-0.15, -0.1) is 0 Å². The Morgan fingerprint density at radius 1 is 1.70 bits per heavy atom. The third-order valence-corrected chi connectivity index (χ3v) is 1.43. The fourth-order valence-electron chi connectivity index (χ4n) is 0.643. The van der Waals surface area contributed by atoms with Gasteiger partial charge in [0.1, 0.15) is 0 Å². The van der Waals surface area contributed by atoms with E-state index in [2.05, 4.69) is 4.98 Å². The van der Waals surface area contributed by atoms with Crippen molar-refractivity contribution in [1.29, 1.82) is 0 Å². The molecule has 1 aromatic heterocycles. The molecule has 0 aliphatic heterocycles. The van der Waals surface area contributed by atoms with Gasteiger partial charge in [0.2, 0.25) is 0 Å². The first-order valence-electron chi connectivity index (χ1n) is 2.81. The van der Waals surface area contributed by atoms with Crippen LogP contribution in [0.5, 0.6) is 0 Å². The summed E-state index contributed by atoms with van der Waals surface area (Å²) in [6.45, 7) is 1.76. The Bertz CT molecular complexity index is 260. The number of pyridine rings is 1. The smallest absolute Gasteiger partial charge is 0.151 e. The summed E-state index contributed by atoms with van der Waals surface area (Å²) in [5.74, 6) is 0. The van der Waals surface area contributed by atoms with Crippen LogP contribution in [0.2, 0.25) is 5.02 Å². The van der Waals surface area contributed by atoms with E-state index in [4.69, 9.17) is 11.6 Å². The summed E-state index contributed by atoms with van der Waals surface area (Å²) in [4.78, 5) is 14.2. The molecule has 3 heteroatoms. The molecule has 0 aliphatic rings. The number of nitrogens with zero attached hydrogens (tertiary/aromatic N) is 1. The van der Waals surface area contributed by atoms with Gasteiger partial charge in [-0.25, -0.2) is 0 Å². The quantitative estimate of drug-likeness (QED) is 0.580. The molecule has 0 bridgehead atoms. The standard InChI is InChI=1S/C7H6ClNO/c1-5-6(4-10)2-7(8)3-9-5/h2-4H,1H3. The van der Waals surface area contributed by atoms with Gasteiger partial charge in [0, 0.05) is 17.5 Å². The molecule has 0 amide bonds. The van der Waals surface area contributed by atoms with Crippen molar-refractivity contribution in [2.45, 2.75) is 6.92 Å².